The van der Waals surface area contributed by atoms with E-state index in [9.17, 15) is 4.79 Å². The van der Waals surface area contributed by atoms with Crippen molar-refractivity contribution in [1.82, 2.24) is 0 Å². The molecule has 6 N–H and O–H groups in total. The molecule has 0 aromatic rings. The van der Waals surface area contributed by atoms with Gasteiger partial charge in [0, 0.05) is 21.3 Å². The molecule has 0 aliphatic carbocycles. The number of methoxy groups -OCH3 is 3. The lowest BCUT2D eigenvalue weighted by atomic mass is 9.75. The van der Waals surface area contributed by atoms with Gasteiger partial charge in [-0.25, -0.2) is 0 Å². The average Bonchev–Trinajstić information content (AvgIpc) is 2.71. The Morgan fingerprint density at radius 1 is 0.815 bits per heavy atom. The summed E-state index contributed by atoms with van der Waals surface area (Å²) < 4.78 is 22.1. The molecule has 0 saturated heterocycles. The first-order valence-corrected chi connectivity index (χ1v) is 9.90. The zero-order valence-electron chi connectivity index (χ0n) is 18.1. The first-order chi connectivity index (χ1) is 13.0. The average molecular weight is 394 g/mol. The van der Waals surface area contributed by atoms with Gasteiger partial charge in [-0.15, -0.1) is 0 Å². The highest BCUT2D eigenvalue weighted by Crippen LogP contribution is 2.45. The van der Waals surface area contributed by atoms with Crippen LogP contribution in [0, 0.1) is 5.41 Å². The number of rotatable bonds is 16. The second-order valence-electron chi connectivity index (χ2n) is 6.38. The Labute approximate surface area is 165 Å². The Kier molecular flexibility index (Phi) is 18.3. The maximum Gasteiger partial charge on any atom is 0.320 e. The zero-order chi connectivity index (χ0) is 21.2. The van der Waals surface area contributed by atoms with E-state index >= 15 is 0 Å². The van der Waals surface area contributed by atoms with Crippen molar-refractivity contribution in [1.29, 1.82) is 0 Å². The van der Waals surface area contributed by atoms with Gasteiger partial charge in [0.25, 0.3) is 5.97 Å². The van der Waals surface area contributed by atoms with Crippen LogP contribution in [-0.4, -0.2) is 46.4 Å². The van der Waals surface area contributed by atoms with Gasteiger partial charge in [-0.05, 0) is 32.7 Å². The molecule has 164 valence electrons. The van der Waals surface area contributed by atoms with Crippen molar-refractivity contribution in [2.75, 3.05) is 34.5 Å². The van der Waals surface area contributed by atoms with Crippen LogP contribution in [-0.2, 0) is 23.7 Å². The summed E-state index contributed by atoms with van der Waals surface area (Å²) in [6, 6.07) is 0. The maximum absolute atomic E-state index is 13.0. The molecule has 0 aliphatic heterocycles. The van der Waals surface area contributed by atoms with E-state index in [1.807, 2.05) is 0 Å². The first-order valence-electron chi connectivity index (χ1n) is 9.90. The van der Waals surface area contributed by atoms with E-state index in [0.717, 1.165) is 19.3 Å². The number of carbonyl (C=O) groups excluding carboxylic acids is 1. The summed E-state index contributed by atoms with van der Waals surface area (Å²) >= 11 is 0. The van der Waals surface area contributed by atoms with E-state index < -0.39 is 11.4 Å². The van der Waals surface area contributed by atoms with Crippen molar-refractivity contribution in [3.63, 3.8) is 0 Å². The minimum absolute atomic E-state index is 0.299. The van der Waals surface area contributed by atoms with Crippen molar-refractivity contribution in [2.24, 2.45) is 22.8 Å². The van der Waals surface area contributed by atoms with E-state index in [2.05, 4.69) is 18.6 Å². The number of nitrogens with two attached hydrogens (primary N) is 3. The highest BCUT2D eigenvalue weighted by Gasteiger charge is 2.59. The third-order valence-electron chi connectivity index (χ3n) is 4.82. The van der Waals surface area contributed by atoms with Gasteiger partial charge in [-0.3, -0.25) is 16.5 Å². The molecule has 0 aliphatic rings. The highest BCUT2D eigenvalue weighted by atomic mass is 16.9. The first kappa shape index (κ1) is 28.4. The van der Waals surface area contributed by atoms with Crippen LogP contribution in [0.1, 0.15) is 71.6 Å². The molecule has 0 aromatic carbocycles. The van der Waals surface area contributed by atoms with Gasteiger partial charge in [0.2, 0.25) is 0 Å². The Balaban J connectivity index is 0. The fraction of sp³-hybridized carbons (Fsp3) is 0.947. The third kappa shape index (κ3) is 8.41. The summed E-state index contributed by atoms with van der Waals surface area (Å²) in [6.45, 7) is 4.77. The van der Waals surface area contributed by atoms with Crippen molar-refractivity contribution < 1.29 is 23.7 Å². The monoisotopic (exact) mass is 393 g/mol. The molecular formula is C19H43N3O5. The quantitative estimate of drug-likeness (QED) is 0.120. The predicted molar refractivity (Wildman–Crippen MR) is 107 cm³/mol. The molecule has 0 rings (SSSR count). The lowest BCUT2D eigenvalue weighted by Crippen LogP contribution is -2.58. The van der Waals surface area contributed by atoms with E-state index in [1.165, 1.54) is 40.6 Å². The van der Waals surface area contributed by atoms with Crippen LogP contribution in [0.25, 0.3) is 0 Å². The van der Waals surface area contributed by atoms with E-state index in [1.54, 1.807) is 6.92 Å². The molecule has 8 nitrogen and oxygen atoms in total. The van der Waals surface area contributed by atoms with Crippen LogP contribution >= 0.6 is 0 Å². The number of hydrazine groups is 1. The minimum Gasteiger partial charge on any atom is -0.465 e. The van der Waals surface area contributed by atoms with Crippen LogP contribution in [0.5, 0.6) is 0 Å². The normalized spacial score (nSPS) is 13.5. The molecule has 0 amide bonds. The van der Waals surface area contributed by atoms with Gasteiger partial charge in [0.15, 0.2) is 0 Å². The molecule has 1 unspecified atom stereocenters. The second-order valence-corrected chi connectivity index (χ2v) is 6.38. The second kappa shape index (κ2) is 17.3. The molecule has 0 heterocycles. The molecule has 0 saturated carbocycles. The van der Waals surface area contributed by atoms with Crippen LogP contribution in [0.3, 0.4) is 0 Å². The Morgan fingerprint density at radius 3 is 1.74 bits per heavy atom. The molecule has 1 atom stereocenters. The highest BCUT2D eigenvalue weighted by molar-refractivity contribution is 5.78. The smallest absolute Gasteiger partial charge is 0.320 e. The van der Waals surface area contributed by atoms with Gasteiger partial charge < -0.3 is 24.7 Å². The number of ether oxygens (including phenoxy) is 4. The molecule has 0 aromatic heterocycles. The van der Waals surface area contributed by atoms with Gasteiger partial charge in [-0.1, -0.05) is 45.4 Å². The molecule has 27 heavy (non-hydrogen) atoms. The van der Waals surface area contributed by atoms with Gasteiger partial charge in [0.05, 0.1) is 6.61 Å². The predicted octanol–water partition coefficient (Wildman–Crippen LogP) is 2.44. The molecule has 0 spiro atoms. The lowest BCUT2D eigenvalue weighted by Gasteiger charge is -2.45. The van der Waals surface area contributed by atoms with Gasteiger partial charge in [0.1, 0.15) is 5.41 Å². The zero-order valence-corrected chi connectivity index (χ0v) is 18.1. The number of hydrogen-bond donors (Lipinski definition) is 3. The van der Waals surface area contributed by atoms with Crippen molar-refractivity contribution in [3.8, 4) is 0 Å². The molecule has 0 fully saturated rings. The number of esters is 1. The van der Waals surface area contributed by atoms with Crippen molar-refractivity contribution in [3.05, 3.63) is 0 Å². The number of carbonyl (C=O) groups is 1. The SMILES string of the molecule is CCCCCCCCC(CCCN)(C(=O)OCC)C(OC)(OC)OC.NN. The van der Waals surface area contributed by atoms with E-state index in [-0.39, 0.29) is 5.97 Å². The molecular weight excluding hydrogens is 350 g/mol. The van der Waals surface area contributed by atoms with Crippen molar-refractivity contribution in [2.45, 2.75) is 77.6 Å². The van der Waals surface area contributed by atoms with E-state index in [4.69, 9.17) is 24.7 Å². The Morgan fingerprint density at radius 2 is 1.30 bits per heavy atom. The molecule has 0 bridgehead atoms. The van der Waals surface area contributed by atoms with Gasteiger partial charge in [-0.2, -0.15) is 0 Å². The lowest BCUT2D eigenvalue weighted by molar-refractivity contribution is -0.402. The standard InChI is InChI=1S/C19H39NO5.H4N2/c1-6-8-9-10-11-12-14-18(15-13-16-20,17(21)25-7-2)19(22-3,23-4)24-5;1-2/h6-16,20H2,1-5H3;1-2H2. The summed E-state index contributed by atoms with van der Waals surface area (Å²) in [7, 11) is 4.47. The Bertz CT molecular complexity index is 346. The number of unbranched alkanes of at least 4 members (excludes halogenated alkanes) is 5. The maximum atomic E-state index is 13.0. The van der Waals surface area contributed by atoms with E-state index in [0.29, 0.717) is 32.4 Å². The third-order valence-corrected chi connectivity index (χ3v) is 4.82. The van der Waals surface area contributed by atoms with Gasteiger partial charge >= 0.3 is 5.97 Å². The Hall–Kier alpha value is -0.770. The molecule has 0 radical (unpaired) electrons. The fourth-order valence-corrected chi connectivity index (χ4v) is 3.48. The van der Waals surface area contributed by atoms with Crippen molar-refractivity contribution >= 4 is 5.97 Å². The largest absolute Gasteiger partial charge is 0.465 e. The van der Waals surface area contributed by atoms with Crippen LogP contribution in [0.2, 0.25) is 0 Å². The summed E-state index contributed by atoms with van der Waals surface area (Å²) in [5.74, 6) is 6.18. The summed E-state index contributed by atoms with van der Waals surface area (Å²) in [6.07, 6.45) is 8.49. The van der Waals surface area contributed by atoms with Crippen LogP contribution in [0.4, 0.5) is 0 Å². The summed E-state index contributed by atoms with van der Waals surface area (Å²) in [5, 5.41) is 0. The van der Waals surface area contributed by atoms with Crippen LogP contribution in [0.15, 0.2) is 0 Å². The number of hydrogen-bond acceptors (Lipinski definition) is 8. The topological polar surface area (TPSA) is 132 Å². The molecule has 8 heteroatoms. The minimum atomic E-state index is -1.47. The van der Waals surface area contributed by atoms with Crippen LogP contribution < -0.4 is 17.4 Å². The summed E-state index contributed by atoms with van der Waals surface area (Å²) in [4.78, 5) is 13.0. The summed E-state index contributed by atoms with van der Waals surface area (Å²) in [5.41, 5.74) is 4.68. The fourth-order valence-electron chi connectivity index (χ4n) is 3.48.